The fourth-order valence-electron chi connectivity index (χ4n) is 2.88. The van der Waals surface area contributed by atoms with Crippen LogP contribution in [0.2, 0.25) is 0 Å². The van der Waals surface area contributed by atoms with Crippen LogP contribution < -0.4 is 0 Å². The van der Waals surface area contributed by atoms with E-state index in [1.807, 2.05) is 18.1 Å². The molecule has 0 bridgehead atoms. The molecule has 0 saturated carbocycles. The smallest absolute Gasteiger partial charge is 0.235 e. The van der Waals surface area contributed by atoms with Gasteiger partial charge in [0.2, 0.25) is 17.6 Å². The molecule has 0 aliphatic carbocycles. The molecule has 1 fully saturated rings. The molecule has 5 nitrogen and oxygen atoms in total. The largest absolute Gasteiger partial charge is 0.341 e. The van der Waals surface area contributed by atoms with Crippen LogP contribution in [0.15, 0.2) is 28.8 Å². The molecule has 1 saturated heterocycles. The van der Waals surface area contributed by atoms with Crippen LogP contribution in [0.3, 0.4) is 0 Å². The molecule has 3 rings (SSSR count). The number of hydrogen-bond acceptors (Lipinski definition) is 5. The Bertz CT molecular complexity index is 721. The molecule has 7 heteroatoms. The van der Waals surface area contributed by atoms with Crippen molar-refractivity contribution in [3.8, 4) is 11.4 Å². The van der Waals surface area contributed by atoms with Crippen molar-refractivity contribution in [2.24, 2.45) is 0 Å². The lowest BCUT2D eigenvalue weighted by Crippen LogP contribution is -2.42. The Morgan fingerprint density at radius 1 is 1.50 bits per heavy atom. The SMILES string of the molecule is CSC(C)C(=O)N1CCCC(c2nc(-c3cccc(F)c3)no2)C1. The lowest BCUT2D eigenvalue weighted by Gasteiger charge is -2.32. The van der Waals surface area contributed by atoms with Crippen molar-refractivity contribution in [3.05, 3.63) is 36.0 Å². The van der Waals surface area contributed by atoms with Crippen LogP contribution in [0, 0.1) is 5.82 Å². The number of aromatic nitrogens is 2. The average molecular weight is 349 g/mol. The zero-order chi connectivity index (χ0) is 17.1. The Labute approximate surface area is 144 Å². The fourth-order valence-corrected chi connectivity index (χ4v) is 3.23. The van der Waals surface area contributed by atoms with Crippen LogP contribution in [0.4, 0.5) is 4.39 Å². The van der Waals surface area contributed by atoms with Crippen molar-refractivity contribution in [1.82, 2.24) is 15.0 Å². The molecule has 24 heavy (non-hydrogen) atoms. The minimum Gasteiger partial charge on any atom is -0.341 e. The van der Waals surface area contributed by atoms with Gasteiger partial charge in [0.1, 0.15) is 5.82 Å². The van der Waals surface area contributed by atoms with Crippen molar-refractivity contribution < 1.29 is 13.7 Å². The molecule has 1 aromatic heterocycles. The third kappa shape index (κ3) is 3.61. The zero-order valence-electron chi connectivity index (χ0n) is 13.7. The summed E-state index contributed by atoms with van der Waals surface area (Å²) in [6, 6.07) is 6.12. The van der Waals surface area contributed by atoms with Crippen molar-refractivity contribution in [1.29, 1.82) is 0 Å². The molecule has 1 aliphatic heterocycles. The molecular formula is C17H20FN3O2S. The number of benzene rings is 1. The molecule has 2 unspecified atom stereocenters. The Hall–Kier alpha value is -1.89. The summed E-state index contributed by atoms with van der Waals surface area (Å²) >= 11 is 1.55. The van der Waals surface area contributed by atoms with Gasteiger partial charge in [0, 0.05) is 18.7 Å². The van der Waals surface area contributed by atoms with Crippen LogP contribution in [-0.4, -0.2) is 45.5 Å². The van der Waals surface area contributed by atoms with Gasteiger partial charge in [-0.3, -0.25) is 4.79 Å². The molecule has 1 aromatic carbocycles. The highest BCUT2D eigenvalue weighted by atomic mass is 32.2. The van der Waals surface area contributed by atoms with Gasteiger partial charge in [-0.05, 0) is 38.2 Å². The van der Waals surface area contributed by atoms with Crippen LogP contribution >= 0.6 is 11.8 Å². The maximum absolute atomic E-state index is 13.3. The van der Waals surface area contributed by atoms with E-state index in [-0.39, 0.29) is 22.9 Å². The van der Waals surface area contributed by atoms with Gasteiger partial charge in [0.25, 0.3) is 0 Å². The first kappa shape index (κ1) is 17.0. The van der Waals surface area contributed by atoms with Gasteiger partial charge >= 0.3 is 0 Å². The second-order valence-electron chi connectivity index (χ2n) is 5.97. The summed E-state index contributed by atoms with van der Waals surface area (Å²) in [5, 5.41) is 3.92. The topological polar surface area (TPSA) is 59.2 Å². The van der Waals surface area contributed by atoms with Gasteiger partial charge in [-0.15, -0.1) is 0 Å². The first-order valence-electron chi connectivity index (χ1n) is 7.99. The lowest BCUT2D eigenvalue weighted by molar-refractivity contribution is -0.131. The highest BCUT2D eigenvalue weighted by Crippen LogP contribution is 2.28. The number of rotatable bonds is 4. The molecule has 1 aliphatic rings. The van der Waals surface area contributed by atoms with E-state index < -0.39 is 0 Å². The Balaban J connectivity index is 1.74. The number of piperidine rings is 1. The predicted octanol–water partition coefficient (Wildman–Crippen LogP) is 3.33. The summed E-state index contributed by atoms with van der Waals surface area (Å²) in [4.78, 5) is 18.7. The molecule has 0 spiro atoms. The van der Waals surface area contributed by atoms with Gasteiger partial charge in [-0.25, -0.2) is 4.39 Å². The van der Waals surface area contributed by atoms with Crippen LogP contribution in [0.25, 0.3) is 11.4 Å². The quantitative estimate of drug-likeness (QED) is 0.847. The molecular weight excluding hydrogens is 329 g/mol. The van der Waals surface area contributed by atoms with E-state index in [2.05, 4.69) is 10.1 Å². The van der Waals surface area contributed by atoms with Gasteiger partial charge in [0.15, 0.2) is 0 Å². The monoisotopic (exact) mass is 349 g/mol. The number of carbonyl (C=O) groups excluding carboxylic acids is 1. The number of nitrogens with zero attached hydrogens (tertiary/aromatic N) is 3. The molecule has 2 heterocycles. The van der Waals surface area contributed by atoms with Gasteiger partial charge in [-0.2, -0.15) is 16.7 Å². The second-order valence-corrected chi connectivity index (χ2v) is 7.15. The fraction of sp³-hybridized carbons (Fsp3) is 0.471. The van der Waals surface area contributed by atoms with E-state index in [4.69, 9.17) is 4.52 Å². The molecule has 1 amide bonds. The Morgan fingerprint density at radius 2 is 2.33 bits per heavy atom. The zero-order valence-corrected chi connectivity index (χ0v) is 14.6. The Morgan fingerprint density at radius 3 is 3.08 bits per heavy atom. The van der Waals surface area contributed by atoms with Crippen molar-refractivity contribution in [2.75, 3.05) is 19.3 Å². The minimum atomic E-state index is -0.334. The number of thioether (sulfide) groups is 1. The van der Waals surface area contributed by atoms with Gasteiger partial charge < -0.3 is 9.42 Å². The minimum absolute atomic E-state index is 0.0339. The summed E-state index contributed by atoms with van der Waals surface area (Å²) in [6.45, 7) is 3.28. The summed E-state index contributed by atoms with van der Waals surface area (Å²) < 4.78 is 18.7. The van der Waals surface area contributed by atoms with Gasteiger partial charge in [-0.1, -0.05) is 17.3 Å². The average Bonchev–Trinajstić information content (AvgIpc) is 3.11. The summed E-state index contributed by atoms with van der Waals surface area (Å²) in [5.41, 5.74) is 0.588. The third-order valence-corrected chi connectivity index (χ3v) is 5.22. The van der Waals surface area contributed by atoms with E-state index in [1.165, 1.54) is 12.1 Å². The van der Waals surface area contributed by atoms with Crippen LogP contribution in [0.5, 0.6) is 0 Å². The standard InChI is InChI=1S/C17H20FN3O2S/c1-11(24-2)17(22)21-8-4-6-13(10-21)16-19-15(20-23-16)12-5-3-7-14(18)9-12/h3,5,7,9,11,13H,4,6,8,10H2,1-2H3. The van der Waals surface area contributed by atoms with E-state index in [9.17, 15) is 9.18 Å². The molecule has 0 N–H and O–H groups in total. The highest BCUT2D eigenvalue weighted by Gasteiger charge is 2.30. The number of carbonyl (C=O) groups is 1. The maximum atomic E-state index is 13.3. The second kappa shape index (κ2) is 7.34. The lowest BCUT2D eigenvalue weighted by atomic mass is 9.97. The Kier molecular flexibility index (Phi) is 5.18. The summed E-state index contributed by atoms with van der Waals surface area (Å²) in [7, 11) is 0. The van der Waals surface area contributed by atoms with Crippen molar-refractivity contribution in [2.45, 2.75) is 30.9 Å². The number of likely N-dealkylation sites (tertiary alicyclic amines) is 1. The van der Waals surface area contributed by atoms with Crippen LogP contribution in [0.1, 0.15) is 31.6 Å². The third-order valence-electron chi connectivity index (χ3n) is 4.31. The first-order chi connectivity index (χ1) is 11.6. The van der Waals surface area contributed by atoms with E-state index in [0.717, 1.165) is 19.4 Å². The van der Waals surface area contributed by atoms with Gasteiger partial charge in [0.05, 0.1) is 11.2 Å². The summed E-state index contributed by atoms with van der Waals surface area (Å²) in [5.74, 6) is 0.747. The van der Waals surface area contributed by atoms with E-state index in [0.29, 0.717) is 23.8 Å². The molecule has 128 valence electrons. The molecule has 2 aromatic rings. The normalized spacial score (nSPS) is 19.3. The first-order valence-corrected chi connectivity index (χ1v) is 9.28. The predicted molar refractivity (Wildman–Crippen MR) is 91.2 cm³/mol. The highest BCUT2D eigenvalue weighted by molar-refractivity contribution is 7.99. The maximum Gasteiger partial charge on any atom is 0.235 e. The van der Waals surface area contributed by atoms with Crippen LogP contribution in [-0.2, 0) is 4.79 Å². The number of amides is 1. The number of halogens is 1. The van der Waals surface area contributed by atoms with E-state index >= 15 is 0 Å². The van der Waals surface area contributed by atoms with Crippen molar-refractivity contribution >= 4 is 17.7 Å². The molecule has 2 atom stereocenters. The van der Waals surface area contributed by atoms with Crippen molar-refractivity contribution in [3.63, 3.8) is 0 Å². The molecule has 0 radical (unpaired) electrons. The van der Waals surface area contributed by atoms with E-state index in [1.54, 1.807) is 23.9 Å². The number of hydrogen-bond donors (Lipinski definition) is 0. The summed E-state index contributed by atoms with van der Waals surface area (Å²) in [6.07, 6.45) is 3.75.